The summed E-state index contributed by atoms with van der Waals surface area (Å²) in [5, 5.41) is 7.12. The maximum Gasteiger partial charge on any atom is 0.490 e. The Kier molecular flexibility index (Phi) is 10.4. The number of halogens is 3. The molecular formula is C30H39F3N2O4. The Morgan fingerprint density at radius 3 is 2.18 bits per heavy atom. The van der Waals surface area contributed by atoms with Gasteiger partial charge in [-0.25, -0.2) is 4.79 Å². The summed E-state index contributed by atoms with van der Waals surface area (Å²) in [5.41, 5.74) is 4.01. The predicted octanol–water partition coefficient (Wildman–Crippen LogP) is 5.72. The molecule has 1 spiro atoms. The molecule has 9 heteroatoms. The summed E-state index contributed by atoms with van der Waals surface area (Å²) in [7, 11) is 0. The molecule has 2 heterocycles. The smallest absolute Gasteiger partial charge is 0.490 e. The average molecular weight is 549 g/mol. The molecule has 0 aliphatic carbocycles. The first-order valence-corrected chi connectivity index (χ1v) is 13.4. The second-order valence-electron chi connectivity index (χ2n) is 11.1. The van der Waals surface area contributed by atoms with Crippen LogP contribution in [0.15, 0.2) is 48.5 Å². The third-order valence-corrected chi connectivity index (χ3v) is 7.35. The molecule has 2 saturated heterocycles. The van der Waals surface area contributed by atoms with Crippen LogP contribution in [0.2, 0.25) is 0 Å². The van der Waals surface area contributed by atoms with E-state index >= 15 is 0 Å². The molecule has 214 valence electrons. The first kappa shape index (κ1) is 30.5. The number of hydrogen-bond acceptors (Lipinski definition) is 4. The van der Waals surface area contributed by atoms with Crippen molar-refractivity contribution in [2.75, 3.05) is 32.8 Å². The molecule has 2 aromatic rings. The number of para-hydroxylation sites is 1. The van der Waals surface area contributed by atoms with Gasteiger partial charge in [-0.2, -0.15) is 13.2 Å². The number of alkyl halides is 3. The molecule has 0 radical (unpaired) electrons. The van der Waals surface area contributed by atoms with Crippen molar-refractivity contribution in [3.63, 3.8) is 0 Å². The molecular weight excluding hydrogens is 509 g/mol. The molecule has 6 nitrogen and oxygen atoms in total. The molecule has 0 atom stereocenters. The molecule has 0 saturated carbocycles. The number of benzene rings is 2. The van der Waals surface area contributed by atoms with E-state index in [0.29, 0.717) is 17.8 Å². The molecule has 2 aliphatic rings. The van der Waals surface area contributed by atoms with E-state index in [2.05, 4.69) is 79.1 Å². The van der Waals surface area contributed by atoms with E-state index in [9.17, 15) is 18.0 Å². The van der Waals surface area contributed by atoms with Crippen LogP contribution in [0.25, 0.3) is 0 Å². The van der Waals surface area contributed by atoms with Crippen molar-refractivity contribution < 1.29 is 32.6 Å². The lowest BCUT2D eigenvalue weighted by Crippen LogP contribution is -2.44. The van der Waals surface area contributed by atoms with Crippen LogP contribution in [0.4, 0.5) is 13.2 Å². The van der Waals surface area contributed by atoms with Crippen LogP contribution in [0.1, 0.15) is 49.8 Å². The van der Waals surface area contributed by atoms with Crippen molar-refractivity contribution in [2.45, 2.75) is 59.2 Å². The zero-order valence-corrected chi connectivity index (χ0v) is 23.0. The standard InChI is InChI=1S/C28H38N2O2.C2HF3O2/c1-22(2)20-32-26-7-5-4-6-25(26)19-29-15-12-28(21-29)13-16-30(17-14-28)27(31)18-24-10-8-23(3)9-11-24;3-2(4,5)1(6)7/h4-11,22H,12-21H2,1-3H3;(H,6,7). The van der Waals surface area contributed by atoms with Crippen molar-refractivity contribution in [1.82, 2.24) is 9.80 Å². The van der Waals surface area contributed by atoms with Gasteiger partial charge in [0.15, 0.2) is 0 Å². The Labute approximate surface area is 228 Å². The Morgan fingerprint density at radius 1 is 1.00 bits per heavy atom. The highest BCUT2D eigenvalue weighted by molar-refractivity contribution is 5.78. The van der Waals surface area contributed by atoms with E-state index in [1.54, 1.807) is 0 Å². The highest BCUT2D eigenvalue weighted by Crippen LogP contribution is 2.41. The Bertz CT molecular complexity index is 1090. The number of aryl methyl sites for hydroxylation is 1. The predicted molar refractivity (Wildman–Crippen MR) is 143 cm³/mol. The largest absolute Gasteiger partial charge is 0.493 e. The fourth-order valence-corrected chi connectivity index (χ4v) is 5.07. The molecule has 2 aliphatic heterocycles. The van der Waals surface area contributed by atoms with Crippen LogP contribution in [-0.4, -0.2) is 65.7 Å². The second-order valence-corrected chi connectivity index (χ2v) is 11.1. The number of carbonyl (C=O) groups is 2. The lowest BCUT2D eigenvalue weighted by molar-refractivity contribution is -0.192. The average Bonchev–Trinajstić information content (AvgIpc) is 3.26. The summed E-state index contributed by atoms with van der Waals surface area (Å²) in [5.74, 6) is -0.932. The summed E-state index contributed by atoms with van der Waals surface area (Å²) >= 11 is 0. The van der Waals surface area contributed by atoms with Gasteiger partial charge in [0.25, 0.3) is 0 Å². The molecule has 0 bridgehead atoms. The first-order valence-electron chi connectivity index (χ1n) is 13.4. The third kappa shape index (κ3) is 9.27. The van der Waals surface area contributed by atoms with Gasteiger partial charge in [0.05, 0.1) is 13.0 Å². The molecule has 2 fully saturated rings. The molecule has 1 amide bonds. The summed E-state index contributed by atoms with van der Waals surface area (Å²) in [6.07, 6.45) is -1.09. The van der Waals surface area contributed by atoms with E-state index in [1.165, 1.54) is 17.5 Å². The van der Waals surface area contributed by atoms with Gasteiger partial charge in [-0.15, -0.1) is 0 Å². The Hall–Kier alpha value is -3.07. The number of nitrogens with zero attached hydrogens (tertiary/aromatic N) is 2. The van der Waals surface area contributed by atoms with Crippen molar-refractivity contribution in [2.24, 2.45) is 11.3 Å². The molecule has 0 aromatic heterocycles. The lowest BCUT2D eigenvalue weighted by atomic mass is 9.77. The molecule has 1 N–H and O–H groups in total. The van der Waals surface area contributed by atoms with Crippen LogP contribution in [0, 0.1) is 18.3 Å². The number of amides is 1. The number of aliphatic carboxylic acids is 1. The van der Waals surface area contributed by atoms with Gasteiger partial charge < -0.3 is 14.7 Å². The zero-order chi connectivity index (χ0) is 28.6. The lowest BCUT2D eigenvalue weighted by Gasteiger charge is -2.39. The Balaban J connectivity index is 0.000000532. The van der Waals surface area contributed by atoms with Gasteiger partial charge in [0, 0.05) is 31.7 Å². The number of rotatable bonds is 7. The third-order valence-electron chi connectivity index (χ3n) is 7.35. The van der Waals surface area contributed by atoms with Crippen LogP contribution in [-0.2, 0) is 22.6 Å². The highest BCUT2D eigenvalue weighted by atomic mass is 19.4. The number of carboxylic acids is 1. The van der Waals surface area contributed by atoms with E-state index < -0.39 is 12.1 Å². The first-order chi connectivity index (χ1) is 18.4. The molecule has 0 unspecified atom stereocenters. The monoisotopic (exact) mass is 548 g/mol. The van der Waals surface area contributed by atoms with Gasteiger partial charge in [-0.05, 0) is 55.7 Å². The normalized spacial score (nSPS) is 17.2. The van der Waals surface area contributed by atoms with Crippen molar-refractivity contribution in [1.29, 1.82) is 0 Å². The van der Waals surface area contributed by atoms with Crippen LogP contribution in [0.5, 0.6) is 5.75 Å². The minimum Gasteiger partial charge on any atom is -0.493 e. The highest BCUT2D eigenvalue weighted by Gasteiger charge is 2.41. The van der Waals surface area contributed by atoms with Crippen LogP contribution < -0.4 is 4.74 Å². The minimum absolute atomic E-state index is 0.273. The van der Waals surface area contributed by atoms with E-state index in [1.807, 2.05) is 0 Å². The number of hydrogen-bond donors (Lipinski definition) is 1. The van der Waals surface area contributed by atoms with Crippen LogP contribution >= 0.6 is 0 Å². The summed E-state index contributed by atoms with van der Waals surface area (Å²) in [4.78, 5) is 26.4. The van der Waals surface area contributed by atoms with Gasteiger partial charge in [-0.3, -0.25) is 9.69 Å². The fourth-order valence-electron chi connectivity index (χ4n) is 5.07. The van der Waals surface area contributed by atoms with Crippen LogP contribution in [0.3, 0.4) is 0 Å². The topological polar surface area (TPSA) is 70.1 Å². The quantitative estimate of drug-likeness (QED) is 0.479. The summed E-state index contributed by atoms with van der Waals surface area (Å²) in [6, 6.07) is 16.8. The summed E-state index contributed by atoms with van der Waals surface area (Å²) < 4.78 is 37.8. The number of piperidine rings is 1. The van der Waals surface area contributed by atoms with Crippen molar-refractivity contribution >= 4 is 11.9 Å². The SMILES string of the molecule is Cc1ccc(CC(=O)N2CCC3(CCN(Cc4ccccc4OCC(C)C)C3)CC2)cc1.O=C(O)C(F)(F)F. The van der Waals surface area contributed by atoms with E-state index in [0.717, 1.165) is 63.5 Å². The van der Waals surface area contributed by atoms with Gasteiger partial charge in [-0.1, -0.05) is 61.9 Å². The molecule has 4 rings (SSSR count). The maximum atomic E-state index is 12.8. The van der Waals surface area contributed by atoms with Gasteiger partial charge in [0.1, 0.15) is 5.75 Å². The van der Waals surface area contributed by atoms with Gasteiger partial charge >= 0.3 is 12.1 Å². The van der Waals surface area contributed by atoms with Gasteiger partial charge in [0.2, 0.25) is 5.91 Å². The number of ether oxygens (including phenoxy) is 1. The summed E-state index contributed by atoms with van der Waals surface area (Å²) in [6.45, 7) is 12.2. The van der Waals surface area contributed by atoms with E-state index in [-0.39, 0.29) is 5.91 Å². The molecule has 2 aromatic carbocycles. The number of likely N-dealkylation sites (tertiary alicyclic amines) is 2. The zero-order valence-electron chi connectivity index (χ0n) is 23.0. The number of carboxylic acid groups (broad SMARTS) is 1. The van der Waals surface area contributed by atoms with Crippen molar-refractivity contribution in [3.8, 4) is 5.75 Å². The molecule has 39 heavy (non-hydrogen) atoms. The number of carbonyl (C=O) groups excluding carboxylic acids is 1. The Morgan fingerprint density at radius 2 is 1.59 bits per heavy atom. The maximum absolute atomic E-state index is 12.8. The fraction of sp³-hybridized carbons (Fsp3) is 0.533. The second kappa shape index (κ2) is 13.3. The van der Waals surface area contributed by atoms with Crippen molar-refractivity contribution in [3.05, 3.63) is 65.2 Å². The van der Waals surface area contributed by atoms with E-state index in [4.69, 9.17) is 14.6 Å². The minimum atomic E-state index is -5.08.